The SMILES string of the molecule is CCCCN1CCOc2ccccc2CCCCC2(CN(C(=O)COCC)CCO2)C1=O. The van der Waals surface area contributed by atoms with Crippen molar-refractivity contribution in [3.8, 4) is 5.75 Å². The number of carbonyl (C=O) groups is 2. The number of hydrogen-bond acceptors (Lipinski definition) is 5. The lowest BCUT2D eigenvalue weighted by atomic mass is 9.90. The molecule has 1 spiro atoms. The van der Waals surface area contributed by atoms with E-state index < -0.39 is 5.60 Å². The molecule has 1 unspecified atom stereocenters. The third-order valence-corrected chi connectivity index (χ3v) is 6.29. The second-order valence-electron chi connectivity index (χ2n) is 8.60. The highest BCUT2D eigenvalue weighted by molar-refractivity contribution is 5.87. The van der Waals surface area contributed by atoms with Crippen LogP contribution in [-0.2, 0) is 25.5 Å². The summed E-state index contributed by atoms with van der Waals surface area (Å²) in [6.45, 7) is 7.29. The molecule has 0 aromatic heterocycles. The summed E-state index contributed by atoms with van der Waals surface area (Å²) < 4.78 is 17.6. The molecule has 1 fully saturated rings. The van der Waals surface area contributed by atoms with E-state index in [1.165, 1.54) is 5.56 Å². The smallest absolute Gasteiger partial charge is 0.256 e. The zero-order chi connectivity index (χ0) is 22.8. The van der Waals surface area contributed by atoms with Crippen molar-refractivity contribution in [2.24, 2.45) is 0 Å². The first-order chi connectivity index (χ1) is 15.6. The Morgan fingerprint density at radius 1 is 1.16 bits per heavy atom. The molecule has 3 rings (SSSR count). The molecule has 1 saturated heterocycles. The van der Waals surface area contributed by atoms with Crippen LogP contribution in [0, 0.1) is 0 Å². The maximum Gasteiger partial charge on any atom is 0.256 e. The molecule has 178 valence electrons. The maximum atomic E-state index is 13.8. The van der Waals surface area contributed by atoms with Gasteiger partial charge in [0.25, 0.3) is 5.91 Å². The van der Waals surface area contributed by atoms with Gasteiger partial charge in [-0.2, -0.15) is 0 Å². The number of rotatable bonds is 6. The van der Waals surface area contributed by atoms with Crippen molar-refractivity contribution in [2.75, 3.05) is 52.6 Å². The number of nitrogens with zero attached hydrogens (tertiary/aromatic N) is 2. The summed E-state index contributed by atoms with van der Waals surface area (Å²) in [5.41, 5.74) is 0.207. The number of fused-ring (bicyclic) bond motifs is 1. The van der Waals surface area contributed by atoms with Crippen molar-refractivity contribution in [3.05, 3.63) is 29.8 Å². The van der Waals surface area contributed by atoms with Crippen molar-refractivity contribution in [2.45, 2.75) is 58.0 Å². The number of morpholine rings is 1. The minimum atomic E-state index is -0.993. The third kappa shape index (κ3) is 6.23. The first-order valence-corrected chi connectivity index (χ1v) is 12.1. The molecule has 2 aliphatic rings. The lowest BCUT2D eigenvalue weighted by Gasteiger charge is -2.44. The van der Waals surface area contributed by atoms with Crippen LogP contribution >= 0.6 is 0 Å². The highest BCUT2D eigenvalue weighted by atomic mass is 16.5. The Morgan fingerprint density at radius 3 is 2.81 bits per heavy atom. The maximum absolute atomic E-state index is 13.8. The molecule has 0 radical (unpaired) electrons. The number of benzene rings is 1. The first-order valence-electron chi connectivity index (χ1n) is 12.1. The Labute approximate surface area is 192 Å². The minimum Gasteiger partial charge on any atom is -0.491 e. The molecule has 32 heavy (non-hydrogen) atoms. The van der Waals surface area contributed by atoms with E-state index >= 15 is 0 Å². The summed E-state index contributed by atoms with van der Waals surface area (Å²) in [6, 6.07) is 8.15. The molecule has 7 heteroatoms. The van der Waals surface area contributed by atoms with Gasteiger partial charge in [0, 0.05) is 19.7 Å². The van der Waals surface area contributed by atoms with Gasteiger partial charge in [-0.25, -0.2) is 0 Å². The normalized spacial score (nSPS) is 22.6. The third-order valence-electron chi connectivity index (χ3n) is 6.29. The molecule has 2 amide bonds. The Morgan fingerprint density at radius 2 is 2.00 bits per heavy atom. The minimum absolute atomic E-state index is 0.0164. The molecular formula is C25H38N2O5. The number of carbonyl (C=O) groups excluding carboxylic acids is 2. The Balaban J connectivity index is 1.82. The van der Waals surface area contributed by atoms with E-state index in [0.29, 0.717) is 45.9 Å². The van der Waals surface area contributed by atoms with E-state index in [2.05, 4.69) is 13.0 Å². The summed E-state index contributed by atoms with van der Waals surface area (Å²) in [5, 5.41) is 0. The van der Waals surface area contributed by atoms with Crippen molar-refractivity contribution in [3.63, 3.8) is 0 Å². The zero-order valence-electron chi connectivity index (χ0n) is 19.6. The van der Waals surface area contributed by atoms with Crippen molar-refractivity contribution < 1.29 is 23.8 Å². The van der Waals surface area contributed by atoms with Crippen LogP contribution in [0.3, 0.4) is 0 Å². The van der Waals surface area contributed by atoms with Crippen molar-refractivity contribution in [1.82, 2.24) is 9.80 Å². The van der Waals surface area contributed by atoms with Gasteiger partial charge < -0.3 is 24.0 Å². The number of aryl methyl sites for hydroxylation is 1. The fourth-order valence-corrected chi connectivity index (χ4v) is 4.46. The topological polar surface area (TPSA) is 68.3 Å². The van der Waals surface area contributed by atoms with Gasteiger partial charge in [0.15, 0.2) is 5.60 Å². The van der Waals surface area contributed by atoms with Crippen LogP contribution in [-0.4, -0.2) is 79.8 Å². The van der Waals surface area contributed by atoms with E-state index in [9.17, 15) is 9.59 Å². The predicted octanol–water partition coefficient (Wildman–Crippen LogP) is 3.05. The monoisotopic (exact) mass is 446 g/mol. The number of para-hydroxylation sites is 1. The average Bonchev–Trinajstić information content (AvgIpc) is 2.82. The molecule has 2 aliphatic heterocycles. The first kappa shape index (κ1) is 24.5. The summed E-state index contributed by atoms with van der Waals surface area (Å²) in [7, 11) is 0. The molecule has 0 aliphatic carbocycles. The van der Waals surface area contributed by atoms with Gasteiger partial charge in [0.1, 0.15) is 19.0 Å². The predicted molar refractivity (Wildman–Crippen MR) is 123 cm³/mol. The zero-order valence-corrected chi connectivity index (χ0v) is 19.6. The molecule has 1 aromatic rings. The van der Waals surface area contributed by atoms with Crippen LogP contribution in [0.2, 0.25) is 0 Å². The standard InChI is InChI=1S/C25H38N2O5/c1-3-5-14-26-15-17-31-22-12-7-6-10-21(22)11-8-9-13-25(24(26)29)20-27(16-18-32-25)23(28)19-30-4-2/h6-7,10,12H,3-5,8-9,11,13-20H2,1-2H3. The summed E-state index contributed by atoms with van der Waals surface area (Å²) in [5.74, 6) is 0.815. The van der Waals surface area contributed by atoms with Gasteiger partial charge in [-0.05, 0) is 50.7 Å². The van der Waals surface area contributed by atoms with Crippen LogP contribution in [0.25, 0.3) is 0 Å². The molecule has 1 atom stereocenters. The van der Waals surface area contributed by atoms with Gasteiger partial charge in [0.2, 0.25) is 5.91 Å². The number of hydrogen-bond donors (Lipinski definition) is 0. The second kappa shape index (κ2) is 12.2. The van der Waals surface area contributed by atoms with Crippen LogP contribution in [0.15, 0.2) is 24.3 Å². The number of ether oxygens (including phenoxy) is 3. The second-order valence-corrected chi connectivity index (χ2v) is 8.60. The largest absolute Gasteiger partial charge is 0.491 e. The fraction of sp³-hybridized carbons (Fsp3) is 0.680. The quantitative estimate of drug-likeness (QED) is 0.672. The molecule has 7 nitrogen and oxygen atoms in total. The van der Waals surface area contributed by atoms with E-state index in [1.807, 2.05) is 30.0 Å². The molecule has 0 bridgehead atoms. The molecule has 0 N–H and O–H groups in total. The summed E-state index contributed by atoms with van der Waals surface area (Å²) in [6.07, 6.45) is 5.20. The van der Waals surface area contributed by atoms with Gasteiger partial charge in [0.05, 0.1) is 19.7 Å². The van der Waals surface area contributed by atoms with E-state index in [1.54, 1.807) is 4.90 Å². The van der Waals surface area contributed by atoms with Crippen molar-refractivity contribution in [1.29, 1.82) is 0 Å². The van der Waals surface area contributed by atoms with Crippen LogP contribution in [0.1, 0.15) is 51.5 Å². The van der Waals surface area contributed by atoms with Gasteiger partial charge in [-0.15, -0.1) is 0 Å². The van der Waals surface area contributed by atoms with Crippen LogP contribution in [0.5, 0.6) is 5.75 Å². The number of amides is 2. The van der Waals surface area contributed by atoms with Crippen LogP contribution in [0.4, 0.5) is 0 Å². The van der Waals surface area contributed by atoms with Gasteiger partial charge in [-0.1, -0.05) is 31.5 Å². The van der Waals surface area contributed by atoms with Gasteiger partial charge >= 0.3 is 0 Å². The van der Waals surface area contributed by atoms with E-state index in [0.717, 1.165) is 37.9 Å². The van der Waals surface area contributed by atoms with Crippen LogP contribution < -0.4 is 4.74 Å². The fourth-order valence-electron chi connectivity index (χ4n) is 4.46. The summed E-state index contributed by atoms with van der Waals surface area (Å²) >= 11 is 0. The van der Waals surface area contributed by atoms with E-state index in [-0.39, 0.29) is 25.0 Å². The Hall–Kier alpha value is -2.12. The molecule has 2 heterocycles. The lowest BCUT2D eigenvalue weighted by Crippen LogP contribution is -2.62. The Bertz CT molecular complexity index is 756. The number of unbranched alkanes of at least 4 members (excludes halogenated alkanes) is 1. The summed E-state index contributed by atoms with van der Waals surface area (Å²) in [4.78, 5) is 30.1. The highest BCUT2D eigenvalue weighted by Crippen LogP contribution is 2.29. The Kier molecular flexibility index (Phi) is 9.36. The van der Waals surface area contributed by atoms with E-state index in [4.69, 9.17) is 14.2 Å². The molecule has 0 saturated carbocycles. The molecular weight excluding hydrogens is 408 g/mol. The average molecular weight is 447 g/mol. The molecule has 1 aromatic carbocycles. The highest BCUT2D eigenvalue weighted by Gasteiger charge is 2.46. The van der Waals surface area contributed by atoms with Crippen molar-refractivity contribution >= 4 is 11.8 Å². The van der Waals surface area contributed by atoms with Gasteiger partial charge in [-0.3, -0.25) is 9.59 Å². The lowest BCUT2D eigenvalue weighted by molar-refractivity contribution is -0.178.